The largest absolute Gasteiger partial charge is 0.468 e. The molecular formula is C17H22N2O4S2. The summed E-state index contributed by atoms with van der Waals surface area (Å²) in [5.74, 6) is 2.20. The van der Waals surface area contributed by atoms with Crippen molar-refractivity contribution in [1.82, 2.24) is 5.32 Å². The second-order valence-corrected chi connectivity index (χ2v) is 8.74. The number of hydrogen-bond acceptors (Lipinski definition) is 5. The average Bonchev–Trinajstić information content (AvgIpc) is 3.06. The number of anilines is 1. The molecule has 2 rings (SSSR count). The second kappa shape index (κ2) is 8.44. The molecule has 0 spiro atoms. The van der Waals surface area contributed by atoms with Gasteiger partial charge in [-0.1, -0.05) is 6.07 Å². The molecule has 0 saturated carbocycles. The van der Waals surface area contributed by atoms with E-state index in [1.165, 1.54) is 11.4 Å². The number of nitrogens with one attached hydrogen (secondary N) is 1. The first-order valence-corrected chi connectivity index (χ1v) is 10.7. The summed E-state index contributed by atoms with van der Waals surface area (Å²) < 4.78 is 29.9. The van der Waals surface area contributed by atoms with Gasteiger partial charge in [0.25, 0.3) is 5.91 Å². The zero-order valence-corrected chi connectivity index (χ0v) is 16.1. The Balaban J connectivity index is 1.91. The molecule has 8 heteroatoms. The van der Waals surface area contributed by atoms with Crippen molar-refractivity contribution in [2.45, 2.75) is 12.7 Å². The number of thioether (sulfide) groups is 1. The summed E-state index contributed by atoms with van der Waals surface area (Å²) in [7, 11) is -1.90. The minimum atomic E-state index is -3.38. The standard InChI is InChI=1S/C17H22N2O4S2/c1-13-6-7-14(11-16(13)19(2)25(3,21)22)17(20)18-8-10-24-12-15-5-4-9-23-15/h4-7,9,11H,8,10,12H2,1-3H3,(H,18,20). The van der Waals surface area contributed by atoms with Crippen molar-refractivity contribution in [2.75, 3.05) is 29.9 Å². The van der Waals surface area contributed by atoms with E-state index in [0.29, 0.717) is 17.8 Å². The molecule has 0 bridgehead atoms. The highest BCUT2D eigenvalue weighted by molar-refractivity contribution is 7.98. The van der Waals surface area contributed by atoms with Crippen LogP contribution in [0.5, 0.6) is 0 Å². The molecule has 136 valence electrons. The SMILES string of the molecule is Cc1ccc(C(=O)NCCSCc2ccco2)cc1N(C)S(C)(=O)=O. The Labute approximate surface area is 152 Å². The summed E-state index contributed by atoms with van der Waals surface area (Å²) in [6, 6.07) is 8.80. The minimum absolute atomic E-state index is 0.221. The highest BCUT2D eigenvalue weighted by Crippen LogP contribution is 2.22. The Morgan fingerprint density at radius 3 is 2.72 bits per heavy atom. The van der Waals surface area contributed by atoms with Gasteiger partial charge in [0.2, 0.25) is 10.0 Å². The number of amides is 1. The number of carbonyl (C=O) groups is 1. The molecule has 1 amide bonds. The summed E-state index contributed by atoms with van der Waals surface area (Å²) in [5, 5.41) is 2.85. The lowest BCUT2D eigenvalue weighted by molar-refractivity contribution is 0.0956. The lowest BCUT2D eigenvalue weighted by Gasteiger charge is -2.19. The van der Waals surface area contributed by atoms with Crippen LogP contribution < -0.4 is 9.62 Å². The fourth-order valence-electron chi connectivity index (χ4n) is 2.17. The van der Waals surface area contributed by atoms with Gasteiger partial charge in [-0.05, 0) is 36.8 Å². The summed E-state index contributed by atoms with van der Waals surface area (Å²) in [5.41, 5.74) is 1.73. The topological polar surface area (TPSA) is 79.6 Å². The molecule has 2 aromatic rings. The Kier molecular flexibility index (Phi) is 6.55. The van der Waals surface area contributed by atoms with Crippen molar-refractivity contribution >= 4 is 33.4 Å². The van der Waals surface area contributed by atoms with Gasteiger partial charge in [0, 0.05) is 24.9 Å². The normalized spacial score (nSPS) is 11.3. The Morgan fingerprint density at radius 2 is 2.08 bits per heavy atom. The van der Waals surface area contributed by atoms with Crippen LogP contribution >= 0.6 is 11.8 Å². The van der Waals surface area contributed by atoms with Crippen LogP contribution in [0.25, 0.3) is 0 Å². The van der Waals surface area contributed by atoms with Crippen LogP contribution in [0.15, 0.2) is 41.0 Å². The maximum absolute atomic E-state index is 12.3. The number of carbonyl (C=O) groups excluding carboxylic acids is 1. The van der Waals surface area contributed by atoms with Gasteiger partial charge < -0.3 is 9.73 Å². The van der Waals surface area contributed by atoms with E-state index in [9.17, 15) is 13.2 Å². The third-order valence-corrected chi connectivity index (χ3v) is 5.84. The van der Waals surface area contributed by atoms with E-state index in [-0.39, 0.29) is 5.91 Å². The number of aryl methyl sites for hydroxylation is 1. The molecule has 0 radical (unpaired) electrons. The smallest absolute Gasteiger partial charge is 0.251 e. The van der Waals surface area contributed by atoms with Crippen molar-refractivity contribution in [1.29, 1.82) is 0 Å². The third-order valence-electron chi connectivity index (χ3n) is 3.66. The first kappa shape index (κ1) is 19.4. The maximum atomic E-state index is 12.3. The summed E-state index contributed by atoms with van der Waals surface area (Å²) >= 11 is 1.67. The van der Waals surface area contributed by atoms with Crippen molar-refractivity contribution in [2.24, 2.45) is 0 Å². The zero-order chi connectivity index (χ0) is 18.4. The molecule has 1 aromatic carbocycles. The molecule has 25 heavy (non-hydrogen) atoms. The fraction of sp³-hybridized carbons (Fsp3) is 0.353. The molecule has 6 nitrogen and oxygen atoms in total. The van der Waals surface area contributed by atoms with E-state index < -0.39 is 10.0 Å². The van der Waals surface area contributed by atoms with Crippen LogP contribution in [0.3, 0.4) is 0 Å². The molecule has 0 saturated heterocycles. The van der Waals surface area contributed by atoms with Gasteiger partial charge in [0.05, 0.1) is 24.0 Å². The summed E-state index contributed by atoms with van der Waals surface area (Å²) in [4.78, 5) is 12.3. The molecule has 1 N–H and O–H groups in total. The monoisotopic (exact) mass is 382 g/mol. The number of hydrogen-bond donors (Lipinski definition) is 1. The first-order chi connectivity index (χ1) is 11.8. The zero-order valence-electron chi connectivity index (χ0n) is 14.5. The van der Waals surface area contributed by atoms with Crippen molar-refractivity contribution in [3.63, 3.8) is 0 Å². The quantitative estimate of drug-likeness (QED) is 0.710. The molecule has 0 aliphatic rings. The van der Waals surface area contributed by atoms with E-state index in [0.717, 1.165) is 29.1 Å². The number of benzene rings is 1. The number of furan rings is 1. The van der Waals surface area contributed by atoms with E-state index >= 15 is 0 Å². The Hall–Kier alpha value is -1.93. The molecular weight excluding hydrogens is 360 g/mol. The van der Waals surface area contributed by atoms with Crippen LogP contribution in [-0.4, -0.2) is 39.9 Å². The van der Waals surface area contributed by atoms with E-state index in [2.05, 4.69) is 5.32 Å². The number of nitrogens with zero attached hydrogens (tertiary/aromatic N) is 1. The first-order valence-electron chi connectivity index (χ1n) is 7.72. The molecule has 0 fully saturated rings. The molecule has 0 unspecified atom stereocenters. The molecule has 0 aliphatic carbocycles. The van der Waals surface area contributed by atoms with Gasteiger partial charge in [0.1, 0.15) is 5.76 Å². The summed E-state index contributed by atoms with van der Waals surface area (Å²) in [6.07, 6.45) is 2.77. The van der Waals surface area contributed by atoms with Crippen LogP contribution in [0.1, 0.15) is 21.7 Å². The van der Waals surface area contributed by atoms with Crippen LogP contribution in [0.4, 0.5) is 5.69 Å². The van der Waals surface area contributed by atoms with Crippen molar-refractivity contribution in [3.05, 3.63) is 53.5 Å². The number of sulfonamides is 1. The summed E-state index contributed by atoms with van der Waals surface area (Å²) in [6.45, 7) is 2.33. The highest BCUT2D eigenvalue weighted by atomic mass is 32.2. The van der Waals surface area contributed by atoms with Crippen LogP contribution in [0.2, 0.25) is 0 Å². The third kappa shape index (κ3) is 5.54. The Bertz CT molecular complexity index is 817. The van der Waals surface area contributed by atoms with Crippen molar-refractivity contribution in [3.8, 4) is 0 Å². The van der Waals surface area contributed by atoms with Gasteiger partial charge in [-0.25, -0.2) is 8.42 Å². The molecule has 0 atom stereocenters. The Morgan fingerprint density at radius 1 is 1.32 bits per heavy atom. The second-order valence-electron chi connectivity index (χ2n) is 5.62. The van der Waals surface area contributed by atoms with E-state index in [1.54, 1.807) is 36.2 Å². The molecule has 1 aromatic heterocycles. The predicted octanol–water partition coefficient (Wildman–Crippen LogP) is 2.65. The average molecular weight is 383 g/mol. The minimum Gasteiger partial charge on any atom is -0.468 e. The van der Waals surface area contributed by atoms with E-state index in [4.69, 9.17) is 4.42 Å². The van der Waals surface area contributed by atoms with Gasteiger partial charge in [-0.3, -0.25) is 9.10 Å². The van der Waals surface area contributed by atoms with Gasteiger partial charge in [-0.2, -0.15) is 11.8 Å². The molecule has 0 aliphatic heterocycles. The van der Waals surface area contributed by atoms with E-state index in [1.807, 2.05) is 19.1 Å². The lowest BCUT2D eigenvalue weighted by Crippen LogP contribution is -2.28. The predicted molar refractivity (Wildman–Crippen MR) is 102 cm³/mol. The van der Waals surface area contributed by atoms with Crippen molar-refractivity contribution < 1.29 is 17.6 Å². The van der Waals surface area contributed by atoms with Crippen LogP contribution in [-0.2, 0) is 15.8 Å². The maximum Gasteiger partial charge on any atom is 0.251 e. The number of rotatable bonds is 8. The van der Waals surface area contributed by atoms with Gasteiger partial charge >= 0.3 is 0 Å². The fourth-order valence-corrected chi connectivity index (χ4v) is 3.48. The highest BCUT2D eigenvalue weighted by Gasteiger charge is 2.16. The van der Waals surface area contributed by atoms with Gasteiger partial charge in [-0.15, -0.1) is 0 Å². The lowest BCUT2D eigenvalue weighted by atomic mass is 10.1. The molecule has 1 heterocycles. The van der Waals surface area contributed by atoms with Crippen LogP contribution in [0, 0.1) is 6.92 Å². The van der Waals surface area contributed by atoms with Gasteiger partial charge in [0.15, 0.2) is 0 Å².